The Kier molecular flexibility index (Phi) is 2.28. The van der Waals surface area contributed by atoms with Crippen LogP contribution in [0, 0.1) is 0 Å². The number of rotatable bonds is 1. The molecule has 64 valence electrons. The largest absolute Gasteiger partial charge is 0.381 e. The highest BCUT2D eigenvalue weighted by Gasteiger charge is 2.18. The summed E-state index contributed by atoms with van der Waals surface area (Å²) in [7, 11) is 0. The van der Waals surface area contributed by atoms with Crippen molar-refractivity contribution in [2.75, 3.05) is 13.2 Å². The van der Waals surface area contributed by atoms with Crippen LogP contribution < -0.4 is 0 Å². The zero-order chi connectivity index (χ0) is 8.39. The van der Waals surface area contributed by atoms with Gasteiger partial charge in [-0.3, -0.25) is 4.98 Å². The first-order valence-corrected chi connectivity index (χ1v) is 4.43. The van der Waals surface area contributed by atoms with Crippen molar-refractivity contribution in [1.82, 2.24) is 4.98 Å². The van der Waals surface area contributed by atoms with Gasteiger partial charge >= 0.3 is 0 Å². The molecule has 1 saturated heterocycles. The average molecular weight is 184 g/mol. The molecule has 1 aliphatic heterocycles. The summed E-state index contributed by atoms with van der Waals surface area (Å²) in [5.41, 5.74) is 1.06. The van der Waals surface area contributed by atoms with Gasteiger partial charge in [-0.25, -0.2) is 0 Å². The number of nitrogens with zero attached hydrogens (tertiary/aromatic N) is 1. The van der Waals surface area contributed by atoms with E-state index in [1.54, 1.807) is 12.3 Å². The molecule has 0 aromatic carbocycles. The molecule has 1 aliphatic rings. The van der Waals surface area contributed by atoms with E-state index in [1.807, 2.05) is 6.07 Å². The molecule has 0 amide bonds. The van der Waals surface area contributed by atoms with E-state index in [1.165, 1.54) is 0 Å². The molecule has 1 fully saturated rings. The molecule has 2 rings (SSSR count). The van der Waals surface area contributed by atoms with Crippen LogP contribution in [-0.4, -0.2) is 18.2 Å². The minimum absolute atomic E-state index is 0.448. The van der Waals surface area contributed by atoms with Gasteiger partial charge < -0.3 is 4.74 Å². The predicted molar refractivity (Wildman–Crippen MR) is 47.4 cm³/mol. The monoisotopic (exact) mass is 183 g/mol. The third-order valence-electron chi connectivity index (χ3n) is 2.09. The van der Waals surface area contributed by atoms with Crippen molar-refractivity contribution in [3.63, 3.8) is 0 Å². The van der Waals surface area contributed by atoms with Crippen LogP contribution in [0.2, 0.25) is 5.02 Å². The fraction of sp³-hybridized carbons (Fsp3) is 0.444. The minimum Gasteiger partial charge on any atom is -0.381 e. The van der Waals surface area contributed by atoms with Crippen molar-refractivity contribution >= 4 is 11.6 Å². The van der Waals surface area contributed by atoms with Crippen LogP contribution in [0.5, 0.6) is 0 Å². The van der Waals surface area contributed by atoms with Crippen LogP contribution in [-0.2, 0) is 4.74 Å². The number of hydrogen-bond acceptors (Lipinski definition) is 2. The van der Waals surface area contributed by atoms with Gasteiger partial charge in [-0.15, -0.1) is 0 Å². The summed E-state index contributed by atoms with van der Waals surface area (Å²) in [4.78, 5) is 4.26. The molecule has 0 radical (unpaired) electrons. The van der Waals surface area contributed by atoms with Crippen LogP contribution in [0.25, 0.3) is 0 Å². The standard InChI is InChI=1S/C9H10ClNO/c10-8-1-3-11-9(5-8)7-2-4-12-6-7/h1,3,5,7H,2,4,6H2. The van der Waals surface area contributed by atoms with Crippen LogP contribution in [0.15, 0.2) is 18.3 Å². The van der Waals surface area contributed by atoms with Crippen molar-refractivity contribution in [1.29, 1.82) is 0 Å². The van der Waals surface area contributed by atoms with E-state index in [4.69, 9.17) is 16.3 Å². The molecule has 0 bridgehead atoms. The fourth-order valence-corrected chi connectivity index (χ4v) is 1.58. The molecular formula is C9H10ClNO. The lowest BCUT2D eigenvalue weighted by Gasteiger charge is -2.05. The summed E-state index contributed by atoms with van der Waals surface area (Å²) < 4.78 is 5.27. The quantitative estimate of drug-likeness (QED) is 0.666. The van der Waals surface area contributed by atoms with Crippen LogP contribution in [0.3, 0.4) is 0 Å². The molecule has 12 heavy (non-hydrogen) atoms. The van der Waals surface area contributed by atoms with E-state index in [0.717, 1.165) is 30.4 Å². The Morgan fingerprint density at radius 1 is 1.58 bits per heavy atom. The molecule has 1 aromatic rings. The van der Waals surface area contributed by atoms with Gasteiger partial charge in [0.15, 0.2) is 0 Å². The summed E-state index contributed by atoms with van der Waals surface area (Å²) in [5.74, 6) is 0.448. The SMILES string of the molecule is Clc1ccnc(C2CCOC2)c1. The molecular weight excluding hydrogens is 174 g/mol. The highest BCUT2D eigenvalue weighted by atomic mass is 35.5. The lowest BCUT2D eigenvalue weighted by atomic mass is 10.0. The number of aromatic nitrogens is 1. The maximum atomic E-state index is 5.84. The van der Waals surface area contributed by atoms with Crippen LogP contribution >= 0.6 is 11.6 Å². The van der Waals surface area contributed by atoms with E-state index in [-0.39, 0.29) is 0 Å². The Labute approximate surface area is 76.5 Å². The highest BCUT2D eigenvalue weighted by molar-refractivity contribution is 6.30. The predicted octanol–water partition coefficient (Wildman–Crippen LogP) is 2.24. The van der Waals surface area contributed by atoms with Crippen molar-refractivity contribution in [2.24, 2.45) is 0 Å². The van der Waals surface area contributed by atoms with Gasteiger partial charge in [0.2, 0.25) is 0 Å². The van der Waals surface area contributed by atoms with Crippen molar-refractivity contribution < 1.29 is 4.74 Å². The second-order valence-corrected chi connectivity index (χ2v) is 3.40. The minimum atomic E-state index is 0.448. The van der Waals surface area contributed by atoms with Crippen LogP contribution in [0.1, 0.15) is 18.0 Å². The van der Waals surface area contributed by atoms with Gasteiger partial charge in [0, 0.05) is 29.4 Å². The summed E-state index contributed by atoms with van der Waals surface area (Å²) >= 11 is 5.84. The molecule has 3 heteroatoms. The number of halogens is 1. The van der Waals surface area contributed by atoms with E-state index in [0.29, 0.717) is 5.92 Å². The number of ether oxygens (including phenoxy) is 1. The third-order valence-corrected chi connectivity index (χ3v) is 2.33. The normalized spacial score (nSPS) is 22.9. The second-order valence-electron chi connectivity index (χ2n) is 2.96. The van der Waals surface area contributed by atoms with E-state index in [2.05, 4.69) is 4.98 Å². The molecule has 2 nitrogen and oxygen atoms in total. The van der Waals surface area contributed by atoms with Gasteiger partial charge in [0.1, 0.15) is 0 Å². The molecule has 0 aliphatic carbocycles. The van der Waals surface area contributed by atoms with E-state index in [9.17, 15) is 0 Å². The Morgan fingerprint density at radius 2 is 2.50 bits per heavy atom. The summed E-state index contributed by atoms with van der Waals surface area (Å²) in [5, 5.41) is 0.756. The van der Waals surface area contributed by atoms with Gasteiger partial charge in [0.05, 0.1) is 6.61 Å². The first-order valence-electron chi connectivity index (χ1n) is 4.05. The summed E-state index contributed by atoms with van der Waals surface area (Å²) in [6.45, 7) is 1.63. The Bertz CT molecular complexity index is 271. The molecule has 0 N–H and O–H groups in total. The van der Waals surface area contributed by atoms with Gasteiger partial charge in [-0.2, -0.15) is 0 Å². The maximum absolute atomic E-state index is 5.84. The first kappa shape index (κ1) is 8.02. The lowest BCUT2D eigenvalue weighted by molar-refractivity contribution is 0.193. The Hall–Kier alpha value is -0.600. The lowest BCUT2D eigenvalue weighted by Crippen LogP contribution is -1.99. The molecule has 1 atom stereocenters. The molecule has 2 heterocycles. The summed E-state index contributed by atoms with van der Waals surface area (Å²) in [6.07, 6.45) is 2.81. The third kappa shape index (κ3) is 1.59. The zero-order valence-electron chi connectivity index (χ0n) is 6.66. The number of hydrogen-bond donors (Lipinski definition) is 0. The van der Waals surface area contributed by atoms with E-state index < -0.39 is 0 Å². The topological polar surface area (TPSA) is 22.1 Å². The van der Waals surface area contributed by atoms with Crippen molar-refractivity contribution in [3.05, 3.63) is 29.0 Å². The van der Waals surface area contributed by atoms with Crippen molar-refractivity contribution in [2.45, 2.75) is 12.3 Å². The van der Waals surface area contributed by atoms with Gasteiger partial charge in [0.25, 0.3) is 0 Å². The molecule has 0 spiro atoms. The summed E-state index contributed by atoms with van der Waals surface area (Å²) in [6, 6.07) is 3.71. The number of pyridine rings is 1. The molecule has 0 saturated carbocycles. The van der Waals surface area contributed by atoms with Gasteiger partial charge in [-0.1, -0.05) is 11.6 Å². The molecule has 1 aromatic heterocycles. The maximum Gasteiger partial charge on any atom is 0.0550 e. The zero-order valence-corrected chi connectivity index (χ0v) is 7.42. The van der Waals surface area contributed by atoms with E-state index >= 15 is 0 Å². The highest BCUT2D eigenvalue weighted by Crippen LogP contribution is 2.24. The smallest absolute Gasteiger partial charge is 0.0550 e. The average Bonchev–Trinajstić information content (AvgIpc) is 2.56. The Balaban J connectivity index is 2.21. The fourth-order valence-electron chi connectivity index (χ4n) is 1.41. The first-order chi connectivity index (χ1) is 5.86. The second kappa shape index (κ2) is 3.42. The van der Waals surface area contributed by atoms with Crippen LogP contribution in [0.4, 0.5) is 0 Å². The molecule has 1 unspecified atom stereocenters. The van der Waals surface area contributed by atoms with Crippen molar-refractivity contribution in [3.8, 4) is 0 Å². The van der Waals surface area contributed by atoms with Gasteiger partial charge in [-0.05, 0) is 18.6 Å². The Morgan fingerprint density at radius 3 is 3.17 bits per heavy atom.